The van der Waals surface area contributed by atoms with Gasteiger partial charge in [-0.15, -0.1) is 0 Å². The second kappa shape index (κ2) is 6.00. The van der Waals surface area contributed by atoms with E-state index in [1.54, 1.807) is 32.0 Å². The first-order valence-corrected chi connectivity index (χ1v) is 6.28. The molecule has 18 heavy (non-hydrogen) atoms. The number of benzene rings is 1. The fraction of sp³-hybridized carbons (Fsp3) is 0.385. The van der Waals surface area contributed by atoms with Crippen molar-refractivity contribution in [3.8, 4) is 5.75 Å². The quantitative estimate of drug-likeness (QED) is 0.670. The summed E-state index contributed by atoms with van der Waals surface area (Å²) in [4.78, 5) is 23.4. The van der Waals surface area contributed by atoms with Crippen molar-refractivity contribution in [2.24, 2.45) is 11.8 Å². The summed E-state index contributed by atoms with van der Waals surface area (Å²) < 4.78 is 5.80. The average Bonchev–Trinajstić information content (AvgIpc) is 2.27. The van der Waals surface area contributed by atoms with Crippen LogP contribution < -0.4 is 4.74 Å². The van der Waals surface area contributed by atoms with Gasteiger partial charge in [-0.25, -0.2) is 0 Å². The lowest BCUT2D eigenvalue weighted by Crippen LogP contribution is -2.29. The van der Waals surface area contributed by atoms with E-state index in [0.717, 1.165) is 0 Å². The van der Waals surface area contributed by atoms with Crippen LogP contribution in [-0.2, 0) is 4.79 Å². The number of Topliss-reactive ketones (excluding diaryl/α,β-unsaturated/α-hetero) is 1. The number of carbonyl (C=O) groups excluding carboxylic acids is 1. The van der Waals surface area contributed by atoms with Crippen molar-refractivity contribution in [2.45, 2.75) is 13.8 Å². The van der Waals surface area contributed by atoms with Gasteiger partial charge in [0.2, 0.25) is 0 Å². The zero-order valence-electron chi connectivity index (χ0n) is 10.4. The third-order valence-corrected chi connectivity index (χ3v) is 3.14. The summed E-state index contributed by atoms with van der Waals surface area (Å²) in [7, 11) is 1.45. The molecule has 0 aliphatic carbocycles. The second-order valence-corrected chi connectivity index (χ2v) is 5.18. The molecular weight excluding hydrogens is 300 g/mol. The minimum Gasteiger partial charge on any atom is -0.496 e. The molecule has 0 amide bonds. The molecule has 0 radical (unpaired) electrons. The maximum Gasteiger partial charge on any atom is 0.314 e. The highest BCUT2D eigenvalue weighted by Crippen LogP contribution is 2.27. The number of halogens is 1. The summed E-state index contributed by atoms with van der Waals surface area (Å²) in [6, 6.07) is 4.96. The van der Waals surface area contributed by atoms with Gasteiger partial charge in [0.1, 0.15) is 11.7 Å². The Bertz CT molecular complexity index is 468. The van der Waals surface area contributed by atoms with E-state index in [2.05, 4.69) is 15.9 Å². The van der Waals surface area contributed by atoms with E-state index in [9.17, 15) is 9.59 Å². The lowest BCUT2D eigenvalue weighted by Gasteiger charge is -2.16. The van der Waals surface area contributed by atoms with Crippen molar-refractivity contribution in [1.82, 2.24) is 0 Å². The molecule has 0 aliphatic heterocycles. The fourth-order valence-electron chi connectivity index (χ4n) is 1.74. The molecule has 0 bridgehead atoms. The van der Waals surface area contributed by atoms with Gasteiger partial charge in [0.05, 0.1) is 12.7 Å². The average molecular weight is 315 g/mol. The minimum absolute atomic E-state index is 0.279. The van der Waals surface area contributed by atoms with Gasteiger partial charge >= 0.3 is 5.97 Å². The van der Waals surface area contributed by atoms with Crippen molar-refractivity contribution in [2.75, 3.05) is 7.11 Å². The molecule has 1 unspecified atom stereocenters. The number of ketones is 1. The summed E-state index contributed by atoms with van der Waals surface area (Å²) in [6.45, 7) is 3.42. The Morgan fingerprint density at radius 2 is 1.94 bits per heavy atom. The van der Waals surface area contributed by atoms with Crippen LogP contribution in [0, 0.1) is 11.8 Å². The molecule has 5 heteroatoms. The van der Waals surface area contributed by atoms with Crippen LogP contribution in [0.3, 0.4) is 0 Å². The van der Waals surface area contributed by atoms with E-state index in [4.69, 9.17) is 9.84 Å². The summed E-state index contributed by atoms with van der Waals surface area (Å²) in [6.07, 6.45) is 0. The highest BCUT2D eigenvalue weighted by Gasteiger charge is 2.32. The highest BCUT2D eigenvalue weighted by atomic mass is 79.9. The van der Waals surface area contributed by atoms with Gasteiger partial charge in [-0.3, -0.25) is 9.59 Å². The van der Waals surface area contributed by atoms with Crippen molar-refractivity contribution in [3.05, 3.63) is 28.2 Å². The highest BCUT2D eigenvalue weighted by molar-refractivity contribution is 9.10. The lowest BCUT2D eigenvalue weighted by atomic mass is 9.88. The van der Waals surface area contributed by atoms with Crippen molar-refractivity contribution >= 4 is 27.7 Å². The number of carboxylic acids is 1. The number of carbonyl (C=O) groups is 2. The Morgan fingerprint density at radius 3 is 2.39 bits per heavy atom. The lowest BCUT2D eigenvalue weighted by molar-refractivity contribution is -0.141. The van der Waals surface area contributed by atoms with Crippen LogP contribution in [-0.4, -0.2) is 24.0 Å². The summed E-state index contributed by atoms with van der Waals surface area (Å²) >= 11 is 3.26. The summed E-state index contributed by atoms with van der Waals surface area (Å²) in [5.74, 6) is -2.50. The number of hydrogen-bond acceptors (Lipinski definition) is 3. The topological polar surface area (TPSA) is 63.6 Å². The third kappa shape index (κ3) is 3.10. The van der Waals surface area contributed by atoms with E-state index < -0.39 is 17.7 Å². The molecule has 0 fully saturated rings. The minimum atomic E-state index is -1.11. The molecule has 98 valence electrons. The first-order valence-electron chi connectivity index (χ1n) is 5.49. The molecule has 0 spiro atoms. The summed E-state index contributed by atoms with van der Waals surface area (Å²) in [5, 5.41) is 9.13. The Labute approximate surface area is 114 Å². The van der Waals surface area contributed by atoms with Crippen molar-refractivity contribution in [1.29, 1.82) is 0 Å². The molecule has 1 aromatic carbocycles. The van der Waals surface area contributed by atoms with Crippen LogP contribution in [0.4, 0.5) is 0 Å². The molecule has 0 aromatic heterocycles. The molecular formula is C13H15BrO4. The largest absolute Gasteiger partial charge is 0.496 e. The Hall–Kier alpha value is -1.36. The monoisotopic (exact) mass is 314 g/mol. The smallest absolute Gasteiger partial charge is 0.314 e. The number of ether oxygens (including phenoxy) is 1. The Kier molecular flexibility index (Phi) is 4.90. The van der Waals surface area contributed by atoms with Crippen molar-refractivity contribution < 1.29 is 19.4 Å². The Morgan fingerprint density at radius 1 is 1.33 bits per heavy atom. The molecule has 0 aliphatic rings. The predicted octanol–water partition coefficient (Wildman–Crippen LogP) is 3.00. The maximum absolute atomic E-state index is 12.3. The molecule has 0 saturated heterocycles. The van der Waals surface area contributed by atoms with Crippen LogP contribution in [0.5, 0.6) is 5.75 Å². The number of methoxy groups -OCH3 is 1. The SMILES string of the molecule is COc1ccc(Br)cc1C(=O)C(C(=O)O)C(C)C. The molecule has 4 nitrogen and oxygen atoms in total. The van der Waals surface area contributed by atoms with Crippen LogP contribution in [0.15, 0.2) is 22.7 Å². The Balaban J connectivity index is 3.23. The number of carboxylic acid groups (broad SMARTS) is 1. The van der Waals surface area contributed by atoms with Gasteiger partial charge in [-0.2, -0.15) is 0 Å². The third-order valence-electron chi connectivity index (χ3n) is 2.64. The molecule has 0 saturated carbocycles. The van der Waals surface area contributed by atoms with Crippen molar-refractivity contribution in [3.63, 3.8) is 0 Å². The van der Waals surface area contributed by atoms with Gasteiger partial charge in [0, 0.05) is 4.47 Å². The van der Waals surface area contributed by atoms with E-state index in [0.29, 0.717) is 10.2 Å². The van der Waals surface area contributed by atoms with E-state index in [1.165, 1.54) is 7.11 Å². The standard InChI is InChI=1S/C13H15BrO4/c1-7(2)11(13(16)17)12(15)9-6-8(14)4-5-10(9)18-3/h4-7,11H,1-3H3,(H,16,17). The van der Waals surface area contributed by atoms with Crippen LogP contribution in [0.1, 0.15) is 24.2 Å². The van der Waals surface area contributed by atoms with Gasteiger partial charge in [-0.05, 0) is 24.1 Å². The van der Waals surface area contributed by atoms with E-state index >= 15 is 0 Å². The van der Waals surface area contributed by atoms with Crippen LogP contribution >= 0.6 is 15.9 Å². The molecule has 1 aromatic rings. The van der Waals surface area contributed by atoms with Crippen LogP contribution in [0.25, 0.3) is 0 Å². The zero-order valence-corrected chi connectivity index (χ0v) is 12.0. The van der Waals surface area contributed by atoms with Gasteiger partial charge in [0.25, 0.3) is 0 Å². The first kappa shape index (κ1) is 14.7. The predicted molar refractivity (Wildman–Crippen MR) is 71.0 cm³/mol. The second-order valence-electron chi connectivity index (χ2n) is 4.27. The van der Waals surface area contributed by atoms with Gasteiger partial charge < -0.3 is 9.84 Å². The van der Waals surface area contributed by atoms with Crippen LogP contribution in [0.2, 0.25) is 0 Å². The molecule has 0 heterocycles. The van der Waals surface area contributed by atoms with E-state index in [-0.39, 0.29) is 11.5 Å². The first-order chi connectivity index (χ1) is 8.38. The zero-order chi connectivity index (χ0) is 13.9. The molecule has 1 N–H and O–H groups in total. The normalized spacial score (nSPS) is 12.3. The summed E-state index contributed by atoms with van der Waals surface area (Å²) in [5.41, 5.74) is 0.285. The number of aliphatic carboxylic acids is 1. The number of hydrogen-bond donors (Lipinski definition) is 1. The van der Waals surface area contributed by atoms with E-state index in [1.807, 2.05) is 0 Å². The molecule has 1 rings (SSSR count). The number of rotatable bonds is 5. The maximum atomic E-state index is 12.3. The van der Waals surface area contributed by atoms with Gasteiger partial charge in [-0.1, -0.05) is 29.8 Å². The fourth-order valence-corrected chi connectivity index (χ4v) is 2.10. The molecule has 1 atom stereocenters. The van der Waals surface area contributed by atoms with Gasteiger partial charge in [0.15, 0.2) is 5.78 Å².